The van der Waals surface area contributed by atoms with Crippen LogP contribution in [0.5, 0.6) is 0 Å². The molecule has 1 aliphatic heterocycles. The summed E-state index contributed by atoms with van der Waals surface area (Å²) < 4.78 is 117. The molecule has 1 aliphatic rings. The minimum Gasteiger partial charge on any atom is -0.399 e. The maximum atomic E-state index is 14.1. The summed E-state index contributed by atoms with van der Waals surface area (Å²) in [4.78, 5) is 0. The number of benzene rings is 6. The second-order valence-corrected chi connectivity index (χ2v) is 17.7. The normalized spacial score (nSPS) is 13.2. The van der Waals surface area contributed by atoms with E-state index in [9.17, 15) is 35.1 Å². The van der Waals surface area contributed by atoms with Gasteiger partial charge in [-0.2, -0.15) is 0 Å². The van der Waals surface area contributed by atoms with Gasteiger partial charge in [-0.1, -0.05) is 98.9 Å². The van der Waals surface area contributed by atoms with E-state index in [2.05, 4.69) is 105 Å². The lowest BCUT2D eigenvalue weighted by Gasteiger charge is -2.32. The van der Waals surface area contributed by atoms with E-state index in [4.69, 9.17) is 20.8 Å². The van der Waals surface area contributed by atoms with Gasteiger partial charge in [0, 0.05) is 22.3 Å². The van der Waals surface area contributed by atoms with Crippen LogP contribution in [0.1, 0.15) is 101 Å². The van der Waals surface area contributed by atoms with Crippen molar-refractivity contribution in [2.24, 2.45) is 0 Å². The molecule has 1 heterocycles. The van der Waals surface area contributed by atoms with E-state index < -0.39 is 67.9 Å². The Balaban J connectivity index is 0.000000206. The molecule has 7 rings (SSSR count). The van der Waals surface area contributed by atoms with Gasteiger partial charge in [0.2, 0.25) is 0 Å². The molecule has 354 valence electrons. The number of aryl methyl sites for hydroxylation is 2. The molecular weight excluding hydrogens is 951 g/mol. The number of halogens is 9. The number of anilines is 2. The van der Waals surface area contributed by atoms with Crippen LogP contribution in [0.2, 0.25) is 0 Å². The van der Waals surface area contributed by atoms with Crippen LogP contribution in [-0.2, 0) is 22.2 Å². The fourth-order valence-corrected chi connectivity index (χ4v) is 6.86. The Morgan fingerprint density at radius 1 is 0.471 bits per heavy atom. The Labute approximate surface area is 401 Å². The van der Waals surface area contributed by atoms with Crippen LogP contribution < -0.4 is 16.9 Å². The van der Waals surface area contributed by atoms with Crippen LogP contribution in [0.25, 0.3) is 11.1 Å². The summed E-state index contributed by atoms with van der Waals surface area (Å²) >= 11 is 2.33. The molecule has 0 aliphatic carbocycles. The van der Waals surface area contributed by atoms with E-state index in [1.54, 1.807) is 0 Å². The molecule has 4 N–H and O–H groups in total. The Bertz CT molecular complexity index is 2680. The molecule has 6 aromatic rings. The number of rotatable bonds is 8. The molecule has 0 bridgehead atoms. The Morgan fingerprint density at radius 3 is 1.12 bits per heavy atom. The maximum Gasteiger partial charge on any atom is 0.494 e. The van der Waals surface area contributed by atoms with Gasteiger partial charge in [0.05, 0.1) is 21.2 Å². The summed E-state index contributed by atoms with van der Waals surface area (Å²) in [5.41, 5.74) is 13.1. The molecule has 1 saturated heterocycles. The van der Waals surface area contributed by atoms with Crippen LogP contribution in [0.3, 0.4) is 0 Å². The number of hydrogen-bond donors (Lipinski definition) is 2. The van der Waals surface area contributed by atoms with Crippen molar-refractivity contribution in [3.05, 3.63) is 181 Å². The standard InChI is InChI=1S/C24H29BO2.C24H19F4N.C6H2BrF4N/c1-6-7-8-19-9-11-20(12-10-19)13-14-21-15-17-22(18-16-21)25-26-23(2,3)24(4,5)27-25;1-2-3-4-15-5-7-16(8-6-15)9-10-17-11-13-18(14-12-17)19-20(25)22(27)24(29)23(28)21(19)26;7-1-2(8)4(10)6(12)5(11)3(1)9/h9-12,15-18H,6-8H2,1-5H3;5-8,11-14H,2-4,29H2,1H3;12H2. The fraction of sp³-hybridized carbons (Fsp3) is 0.259. The average Bonchev–Trinajstić information content (AvgIpc) is 3.57. The minimum atomic E-state index is -1.61. The third-order valence-corrected chi connectivity index (χ3v) is 12.1. The molecule has 14 heteroatoms. The van der Waals surface area contributed by atoms with Crippen molar-refractivity contribution >= 4 is 39.9 Å². The van der Waals surface area contributed by atoms with E-state index in [0.29, 0.717) is 5.56 Å². The van der Waals surface area contributed by atoms with Gasteiger partial charge >= 0.3 is 7.12 Å². The predicted molar refractivity (Wildman–Crippen MR) is 259 cm³/mol. The van der Waals surface area contributed by atoms with Gasteiger partial charge in [-0.15, -0.1) is 0 Å². The van der Waals surface area contributed by atoms with E-state index in [1.165, 1.54) is 48.2 Å². The largest absolute Gasteiger partial charge is 0.494 e. The minimum absolute atomic E-state index is 0.0105. The smallest absolute Gasteiger partial charge is 0.399 e. The molecule has 68 heavy (non-hydrogen) atoms. The fourth-order valence-electron chi connectivity index (χ4n) is 6.51. The molecular formula is C54H50BBrF8N2O2. The van der Waals surface area contributed by atoms with Crippen molar-refractivity contribution in [1.29, 1.82) is 0 Å². The molecule has 0 amide bonds. The highest BCUT2D eigenvalue weighted by molar-refractivity contribution is 9.10. The van der Waals surface area contributed by atoms with Crippen LogP contribution in [0.15, 0.2) is 102 Å². The van der Waals surface area contributed by atoms with Crippen molar-refractivity contribution in [2.45, 2.75) is 91.3 Å². The number of nitrogens with two attached hydrogens (primary N) is 2. The zero-order chi connectivity index (χ0) is 49.9. The SMILES string of the molecule is CCCCc1ccc(C#Cc2ccc(-c3c(F)c(F)c(N)c(F)c3F)cc2)cc1.CCCCc1ccc(C#Cc2ccc(B3OC(C)(C)C(C)(C)O3)cc2)cc1.Nc1c(F)c(F)c(Br)c(F)c1F. The average molecular weight is 1000 g/mol. The zero-order valence-corrected chi connectivity index (χ0v) is 40.0. The van der Waals surface area contributed by atoms with Crippen molar-refractivity contribution in [1.82, 2.24) is 0 Å². The topological polar surface area (TPSA) is 70.5 Å². The third kappa shape index (κ3) is 12.9. The van der Waals surface area contributed by atoms with Crippen molar-refractivity contribution in [3.63, 3.8) is 0 Å². The summed E-state index contributed by atoms with van der Waals surface area (Å²) in [6.07, 6.45) is 6.92. The van der Waals surface area contributed by atoms with Gasteiger partial charge in [0.1, 0.15) is 11.4 Å². The number of unbranched alkanes of at least 4 members (excludes halogenated alkanes) is 2. The van der Waals surface area contributed by atoms with Crippen molar-refractivity contribution in [3.8, 4) is 34.8 Å². The lowest BCUT2D eigenvalue weighted by atomic mass is 9.79. The molecule has 0 saturated carbocycles. The quantitative estimate of drug-likeness (QED) is 0.0398. The van der Waals surface area contributed by atoms with E-state index in [0.717, 1.165) is 47.8 Å². The Morgan fingerprint density at radius 2 is 0.779 bits per heavy atom. The van der Waals surface area contributed by atoms with Crippen molar-refractivity contribution < 1.29 is 44.4 Å². The highest BCUT2D eigenvalue weighted by Gasteiger charge is 2.51. The molecule has 6 aromatic carbocycles. The summed E-state index contributed by atoms with van der Waals surface area (Å²) in [7, 11) is -0.326. The van der Waals surface area contributed by atoms with Gasteiger partial charge in [0.25, 0.3) is 0 Å². The predicted octanol–water partition coefficient (Wildman–Crippen LogP) is 13.6. The Kier molecular flexibility index (Phi) is 18.1. The number of hydrogen-bond acceptors (Lipinski definition) is 4. The summed E-state index contributed by atoms with van der Waals surface area (Å²) in [6, 6.07) is 30.5. The van der Waals surface area contributed by atoms with Crippen LogP contribution in [-0.4, -0.2) is 18.3 Å². The van der Waals surface area contributed by atoms with Gasteiger partial charge in [-0.3, -0.25) is 0 Å². The molecule has 0 unspecified atom stereocenters. The molecule has 0 aromatic heterocycles. The highest BCUT2D eigenvalue weighted by Crippen LogP contribution is 2.37. The first-order valence-corrected chi connectivity index (χ1v) is 22.6. The molecule has 0 spiro atoms. The van der Waals surface area contributed by atoms with Crippen molar-refractivity contribution in [2.75, 3.05) is 11.5 Å². The summed E-state index contributed by atoms with van der Waals surface area (Å²) in [5, 5.41) is 0. The van der Waals surface area contributed by atoms with Gasteiger partial charge in [0.15, 0.2) is 46.5 Å². The molecule has 0 atom stereocenters. The molecule has 0 radical (unpaired) electrons. The second-order valence-electron chi connectivity index (χ2n) is 16.9. The lowest BCUT2D eigenvalue weighted by molar-refractivity contribution is 0.00578. The second kappa shape index (κ2) is 23.3. The van der Waals surface area contributed by atoms with E-state index in [-0.39, 0.29) is 23.9 Å². The van der Waals surface area contributed by atoms with Crippen LogP contribution in [0.4, 0.5) is 46.5 Å². The van der Waals surface area contributed by atoms with E-state index in [1.807, 2.05) is 48.5 Å². The third-order valence-electron chi connectivity index (χ3n) is 11.4. The highest BCUT2D eigenvalue weighted by atomic mass is 79.9. The summed E-state index contributed by atoms with van der Waals surface area (Å²) in [5.74, 6) is -0.0623. The van der Waals surface area contributed by atoms with Crippen LogP contribution >= 0.6 is 15.9 Å². The van der Waals surface area contributed by atoms with E-state index >= 15 is 0 Å². The first-order valence-electron chi connectivity index (χ1n) is 21.9. The Hall–Kier alpha value is -6.06. The monoisotopic (exact) mass is 1000 g/mol. The van der Waals surface area contributed by atoms with Crippen LogP contribution in [0, 0.1) is 70.2 Å². The maximum absolute atomic E-state index is 14.1. The first kappa shape index (κ1) is 52.9. The zero-order valence-electron chi connectivity index (χ0n) is 38.4. The first-order chi connectivity index (χ1) is 32.2. The lowest BCUT2D eigenvalue weighted by Crippen LogP contribution is -2.41. The van der Waals surface area contributed by atoms with Gasteiger partial charge in [-0.25, -0.2) is 35.1 Å². The summed E-state index contributed by atoms with van der Waals surface area (Å²) in [6.45, 7) is 12.6. The van der Waals surface area contributed by atoms with Gasteiger partial charge in [-0.05, 0) is 140 Å². The number of nitrogen functional groups attached to an aromatic ring is 2. The van der Waals surface area contributed by atoms with Gasteiger partial charge < -0.3 is 20.8 Å². The molecule has 4 nitrogen and oxygen atoms in total. The molecule has 1 fully saturated rings.